The van der Waals surface area contributed by atoms with Gasteiger partial charge in [0.15, 0.2) is 17.1 Å². The van der Waals surface area contributed by atoms with Crippen molar-refractivity contribution in [3.8, 4) is 28.5 Å². The predicted molar refractivity (Wildman–Crippen MR) is 164 cm³/mol. The number of urea groups is 1. The molecule has 0 atom stereocenters. The summed E-state index contributed by atoms with van der Waals surface area (Å²) < 4.78 is 18.5. The molecule has 0 aliphatic carbocycles. The van der Waals surface area contributed by atoms with E-state index in [1.807, 2.05) is 54.6 Å². The van der Waals surface area contributed by atoms with Crippen LogP contribution in [0.15, 0.2) is 77.4 Å². The fraction of sp³-hybridized carbons (Fsp3) is 0.138. The van der Waals surface area contributed by atoms with E-state index in [1.165, 1.54) is 21.3 Å². The Labute approximate surface area is 249 Å². The highest BCUT2D eigenvalue weighted by atomic mass is 79.9. The van der Waals surface area contributed by atoms with Crippen LogP contribution in [0.1, 0.15) is 5.56 Å². The molecule has 0 fully saturated rings. The first-order valence-electron chi connectivity index (χ1n) is 12.4. The molecule has 0 saturated carbocycles. The molecule has 210 valence electrons. The van der Waals surface area contributed by atoms with Crippen molar-refractivity contribution >= 4 is 56.4 Å². The molecule has 0 unspecified atom stereocenters. The van der Waals surface area contributed by atoms with Crippen molar-refractivity contribution in [3.05, 3.63) is 88.0 Å². The number of rotatable bonds is 9. The monoisotopic (exact) mass is 636 g/mol. The third-order valence-corrected chi connectivity index (χ3v) is 7.05. The predicted octanol–water partition coefficient (Wildman–Crippen LogP) is 7.09. The van der Waals surface area contributed by atoms with Gasteiger partial charge in [-0.3, -0.25) is 0 Å². The van der Waals surface area contributed by atoms with Gasteiger partial charge >= 0.3 is 6.03 Å². The number of halogens is 2. The molecule has 2 amide bonds. The summed E-state index contributed by atoms with van der Waals surface area (Å²) in [7, 11) is 4.55. The van der Waals surface area contributed by atoms with Crippen LogP contribution in [0, 0.1) is 0 Å². The number of carbonyl (C=O) groups is 1. The number of carbonyl (C=O) groups excluding carboxylic acids is 1. The van der Waals surface area contributed by atoms with Crippen LogP contribution >= 0.6 is 27.5 Å². The topological polar surface area (TPSA) is 111 Å². The molecule has 0 bridgehead atoms. The number of nitrogens with one attached hydrogen (secondary N) is 3. The molecule has 41 heavy (non-hydrogen) atoms. The Morgan fingerprint density at radius 3 is 2.37 bits per heavy atom. The van der Waals surface area contributed by atoms with Crippen molar-refractivity contribution in [2.24, 2.45) is 0 Å². The van der Waals surface area contributed by atoms with Crippen molar-refractivity contribution in [2.75, 3.05) is 37.3 Å². The van der Waals surface area contributed by atoms with Crippen LogP contribution in [0.2, 0.25) is 5.02 Å². The van der Waals surface area contributed by atoms with Gasteiger partial charge in [-0.05, 0) is 39.7 Å². The number of hydrogen-bond donors (Lipinski definition) is 3. The van der Waals surface area contributed by atoms with Crippen LogP contribution in [0.25, 0.3) is 16.9 Å². The molecule has 10 nitrogen and oxygen atoms in total. The second-order valence-corrected chi connectivity index (χ2v) is 10.0. The second-order valence-electron chi connectivity index (χ2n) is 8.78. The Morgan fingerprint density at radius 2 is 1.66 bits per heavy atom. The number of aromatic nitrogens is 3. The van der Waals surface area contributed by atoms with Gasteiger partial charge in [-0.25, -0.2) is 9.78 Å². The van der Waals surface area contributed by atoms with E-state index in [9.17, 15) is 4.79 Å². The van der Waals surface area contributed by atoms with Crippen LogP contribution in [0.4, 0.5) is 22.0 Å². The average molecular weight is 638 g/mol. The van der Waals surface area contributed by atoms with Crippen molar-refractivity contribution in [2.45, 2.75) is 6.54 Å². The number of ether oxygens (including phenoxy) is 3. The highest BCUT2D eigenvalue weighted by Gasteiger charge is 2.16. The molecule has 3 N–H and O–H groups in total. The third-order valence-electron chi connectivity index (χ3n) is 6.16. The summed E-state index contributed by atoms with van der Waals surface area (Å²) in [6.07, 6.45) is 1.70. The van der Waals surface area contributed by atoms with Crippen LogP contribution in [-0.2, 0) is 6.54 Å². The summed E-state index contributed by atoms with van der Waals surface area (Å²) in [5, 5.41) is 14.1. The molecule has 0 saturated heterocycles. The first-order chi connectivity index (χ1) is 19.9. The van der Waals surface area contributed by atoms with E-state index in [1.54, 1.807) is 22.8 Å². The molecule has 0 aliphatic heterocycles. The summed E-state index contributed by atoms with van der Waals surface area (Å²) in [5.41, 5.74) is 4.22. The summed E-state index contributed by atoms with van der Waals surface area (Å²) in [4.78, 5) is 17.5. The molecule has 0 aliphatic rings. The molecule has 5 rings (SSSR count). The first kappa shape index (κ1) is 28.1. The molecule has 0 spiro atoms. The summed E-state index contributed by atoms with van der Waals surface area (Å²) in [6.45, 7) is 0.461. The average Bonchev–Trinajstić information content (AvgIpc) is 3.36. The normalized spacial score (nSPS) is 10.8. The number of amides is 2. The standard InChI is InChI=1S/C29H26BrClN6O4/c1-39-24-12-19(13-25(40-2)27(24)41-3)35-29(38)34-18-8-6-7-17(11-18)15-32-26-14-23(20-9-4-5-10-22(20)31)36-28-21(30)16-33-37(26)28/h4-14,16,32H,15H2,1-3H3,(H2,34,35,38). The minimum atomic E-state index is -0.425. The lowest BCUT2D eigenvalue weighted by molar-refractivity contribution is 0.262. The van der Waals surface area contributed by atoms with Gasteiger partial charge in [0.25, 0.3) is 0 Å². The van der Waals surface area contributed by atoms with E-state index < -0.39 is 6.03 Å². The Bertz CT molecular complexity index is 1700. The zero-order valence-corrected chi connectivity index (χ0v) is 24.7. The summed E-state index contributed by atoms with van der Waals surface area (Å²) in [6, 6.07) is 19.9. The lowest BCUT2D eigenvalue weighted by Gasteiger charge is -2.15. The Balaban J connectivity index is 1.32. The molecule has 3 aromatic carbocycles. The Hall–Kier alpha value is -4.48. The summed E-state index contributed by atoms with van der Waals surface area (Å²) >= 11 is 9.98. The number of methoxy groups -OCH3 is 3. The summed E-state index contributed by atoms with van der Waals surface area (Å²) in [5.74, 6) is 2.04. The van der Waals surface area contributed by atoms with Crippen molar-refractivity contribution in [1.29, 1.82) is 0 Å². The van der Waals surface area contributed by atoms with Crippen LogP contribution < -0.4 is 30.2 Å². The van der Waals surface area contributed by atoms with Crippen molar-refractivity contribution in [3.63, 3.8) is 0 Å². The zero-order valence-electron chi connectivity index (χ0n) is 22.4. The highest BCUT2D eigenvalue weighted by Crippen LogP contribution is 2.40. The van der Waals surface area contributed by atoms with Gasteiger partial charge in [0.2, 0.25) is 5.75 Å². The maximum absolute atomic E-state index is 12.8. The van der Waals surface area contributed by atoms with Crippen LogP contribution in [-0.4, -0.2) is 42.0 Å². The van der Waals surface area contributed by atoms with Gasteiger partial charge in [0.1, 0.15) is 5.82 Å². The van der Waals surface area contributed by atoms with E-state index >= 15 is 0 Å². The van der Waals surface area contributed by atoms with E-state index in [2.05, 4.69) is 37.0 Å². The van der Waals surface area contributed by atoms with E-state index in [0.29, 0.717) is 51.5 Å². The number of benzene rings is 3. The van der Waals surface area contributed by atoms with Gasteiger partial charge in [-0.2, -0.15) is 9.61 Å². The largest absolute Gasteiger partial charge is 0.493 e. The third kappa shape index (κ3) is 6.16. The number of anilines is 3. The minimum absolute atomic E-state index is 0.425. The molecule has 2 heterocycles. The molecule has 5 aromatic rings. The highest BCUT2D eigenvalue weighted by molar-refractivity contribution is 9.10. The van der Waals surface area contributed by atoms with Crippen LogP contribution in [0.3, 0.4) is 0 Å². The number of nitrogens with zero attached hydrogens (tertiary/aromatic N) is 3. The van der Waals surface area contributed by atoms with Gasteiger partial charge in [0, 0.05) is 41.0 Å². The lowest BCUT2D eigenvalue weighted by Crippen LogP contribution is -2.19. The van der Waals surface area contributed by atoms with Crippen LogP contribution in [0.5, 0.6) is 17.2 Å². The molecular weight excluding hydrogens is 612 g/mol. The number of fused-ring (bicyclic) bond motifs is 1. The number of hydrogen-bond acceptors (Lipinski definition) is 7. The molecule has 2 aromatic heterocycles. The Kier molecular flexibility index (Phi) is 8.46. The second kappa shape index (κ2) is 12.4. The van der Waals surface area contributed by atoms with Gasteiger partial charge in [0.05, 0.1) is 43.4 Å². The zero-order chi connectivity index (χ0) is 28.9. The smallest absolute Gasteiger partial charge is 0.323 e. The van der Waals surface area contributed by atoms with E-state index in [-0.39, 0.29) is 0 Å². The minimum Gasteiger partial charge on any atom is -0.493 e. The maximum Gasteiger partial charge on any atom is 0.323 e. The van der Waals surface area contributed by atoms with Gasteiger partial charge in [-0.1, -0.05) is 41.9 Å². The molecule has 0 radical (unpaired) electrons. The lowest BCUT2D eigenvalue weighted by atomic mass is 10.1. The van der Waals surface area contributed by atoms with Crippen molar-refractivity contribution in [1.82, 2.24) is 14.6 Å². The Morgan fingerprint density at radius 1 is 0.927 bits per heavy atom. The fourth-order valence-corrected chi connectivity index (χ4v) is 4.85. The van der Waals surface area contributed by atoms with Gasteiger partial charge < -0.3 is 30.2 Å². The fourth-order valence-electron chi connectivity index (χ4n) is 4.27. The first-order valence-corrected chi connectivity index (χ1v) is 13.6. The maximum atomic E-state index is 12.8. The van der Waals surface area contributed by atoms with Gasteiger partial charge in [-0.15, -0.1) is 0 Å². The quantitative estimate of drug-likeness (QED) is 0.158. The van der Waals surface area contributed by atoms with E-state index in [4.69, 9.17) is 30.8 Å². The molecular formula is C29H26BrClN6O4. The van der Waals surface area contributed by atoms with Crippen molar-refractivity contribution < 1.29 is 19.0 Å². The molecule has 12 heteroatoms. The SMILES string of the molecule is COc1cc(NC(=O)Nc2cccc(CNc3cc(-c4ccccc4Cl)nc4c(Br)cnn34)c2)cc(OC)c1OC. The van der Waals surface area contributed by atoms with E-state index in [0.717, 1.165) is 21.4 Å².